The number of carboxylic acids is 1. The quantitative estimate of drug-likeness (QED) is 0.528. The number of unbranched alkanes of at least 4 members (excludes halogenated alkanes) is 3. The molecule has 24 heavy (non-hydrogen) atoms. The molecule has 0 aliphatic rings. The first kappa shape index (κ1) is 20.6. The molecule has 0 saturated heterocycles. The highest BCUT2D eigenvalue weighted by Crippen LogP contribution is 2.36. The second-order valence-electron chi connectivity index (χ2n) is 5.55. The molecule has 0 fully saturated rings. The average molecular weight is 366 g/mol. The molecule has 0 bridgehead atoms. The third kappa shape index (κ3) is 6.23. The fraction of sp³-hybridized carbons (Fsp3) is 0.588. The van der Waals surface area contributed by atoms with Crippen molar-refractivity contribution in [2.75, 3.05) is 18.0 Å². The van der Waals surface area contributed by atoms with Gasteiger partial charge in [-0.05, 0) is 25.8 Å². The van der Waals surface area contributed by atoms with Crippen LogP contribution in [0.4, 0.5) is 18.9 Å². The number of nitrogens with zero attached hydrogens (tertiary/aromatic N) is 1. The number of carbonyl (C=O) groups is 1. The van der Waals surface area contributed by atoms with Crippen LogP contribution in [-0.2, 0) is 4.79 Å². The summed E-state index contributed by atoms with van der Waals surface area (Å²) in [6, 6.07) is 4.50. The number of rotatable bonds is 11. The molecule has 0 amide bonds. The molecule has 0 spiro atoms. The van der Waals surface area contributed by atoms with Crippen LogP contribution in [-0.4, -0.2) is 30.6 Å². The van der Waals surface area contributed by atoms with E-state index in [-0.39, 0.29) is 17.0 Å². The maximum Gasteiger partial charge on any atom is 0.303 e. The number of hydrogen-bond acceptors (Lipinski definition) is 2. The number of alkyl halides is 3. The molecule has 1 aromatic carbocycles. The van der Waals surface area contributed by atoms with Crippen LogP contribution >= 0.6 is 11.6 Å². The van der Waals surface area contributed by atoms with Crippen molar-refractivity contribution in [1.29, 1.82) is 0 Å². The van der Waals surface area contributed by atoms with Crippen molar-refractivity contribution in [1.82, 2.24) is 0 Å². The van der Waals surface area contributed by atoms with E-state index in [9.17, 15) is 18.0 Å². The first-order valence-electron chi connectivity index (χ1n) is 8.05. The van der Waals surface area contributed by atoms with Crippen LogP contribution in [0, 0.1) is 0 Å². The molecule has 1 aromatic rings. The van der Waals surface area contributed by atoms with E-state index in [1.807, 2.05) is 11.8 Å². The Labute approximate surface area is 145 Å². The van der Waals surface area contributed by atoms with Crippen LogP contribution in [0.2, 0.25) is 5.02 Å². The maximum atomic E-state index is 13.6. The standard InChI is InChI=1S/C17H23ClF3NO2/c1-2-22(11-6-4-3-5-10-14(23)24)13-9-7-8-12(15(13)18)16(19)17(20)21/h7-9,16-17H,2-6,10-11H2,1H3,(H,23,24). The minimum absolute atomic E-state index is 0.0260. The topological polar surface area (TPSA) is 40.5 Å². The summed E-state index contributed by atoms with van der Waals surface area (Å²) in [7, 11) is 0. The Balaban J connectivity index is 2.65. The molecule has 0 heterocycles. The molecule has 1 rings (SSSR count). The monoisotopic (exact) mass is 365 g/mol. The lowest BCUT2D eigenvalue weighted by atomic mass is 10.1. The fourth-order valence-corrected chi connectivity index (χ4v) is 2.86. The second kappa shape index (κ2) is 10.4. The molecule has 0 radical (unpaired) electrons. The smallest absolute Gasteiger partial charge is 0.303 e. The van der Waals surface area contributed by atoms with Crippen LogP contribution in [0.5, 0.6) is 0 Å². The zero-order chi connectivity index (χ0) is 18.1. The van der Waals surface area contributed by atoms with E-state index < -0.39 is 18.6 Å². The average Bonchev–Trinajstić information content (AvgIpc) is 2.54. The van der Waals surface area contributed by atoms with Crippen molar-refractivity contribution in [2.24, 2.45) is 0 Å². The minimum atomic E-state index is -3.11. The molecule has 1 unspecified atom stereocenters. The molecule has 1 atom stereocenters. The van der Waals surface area contributed by atoms with Gasteiger partial charge in [0.05, 0.1) is 10.7 Å². The van der Waals surface area contributed by atoms with Crippen molar-refractivity contribution in [3.8, 4) is 0 Å². The fourth-order valence-electron chi connectivity index (χ4n) is 2.51. The highest BCUT2D eigenvalue weighted by atomic mass is 35.5. The minimum Gasteiger partial charge on any atom is -0.481 e. The summed E-state index contributed by atoms with van der Waals surface area (Å²) in [5.41, 5.74) is 0.356. The van der Waals surface area contributed by atoms with E-state index >= 15 is 0 Å². The van der Waals surface area contributed by atoms with Gasteiger partial charge in [0.2, 0.25) is 0 Å². The highest BCUT2D eigenvalue weighted by molar-refractivity contribution is 6.34. The zero-order valence-corrected chi connectivity index (χ0v) is 14.4. The third-order valence-corrected chi connectivity index (χ3v) is 4.23. The van der Waals surface area contributed by atoms with Crippen LogP contribution in [0.15, 0.2) is 18.2 Å². The number of anilines is 1. The van der Waals surface area contributed by atoms with Gasteiger partial charge >= 0.3 is 5.97 Å². The Morgan fingerprint density at radius 3 is 2.46 bits per heavy atom. The lowest BCUT2D eigenvalue weighted by Crippen LogP contribution is -2.24. The number of benzene rings is 1. The van der Waals surface area contributed by atoms with Gasteiger partial charge in [-0.3, -0.25) is 4.79 Å². The summed E-state index contributed by atoms with van der Waals surface area (Å²) >= 11 is 6.14. The van der Waals surface area contributed by atoms with Crippen LogP contribution < -0.4 is 4.90 Å². The number of hydrogen-bond donors (Lipinski definition) is 1. The van der Waals surface area contributed by atoms with Crippen molar-refractivity contribution in [3.63, 3.8) is 0 Å². The number of halogens is 4. The molecule has 0 saturated carbocycles. The summed E-state index contributed by atoms with van der Waals surface area (Å²) in [6.45, 7) is 3.18. The molecule has 3 nitrogen and oxygen atoms in total. The first-order chi connectivity index (χ1) is 11.4. The molecule has 0 aromatic heterocycles. The SMILES string of the molecule is CCN(CCCCCCC(=O)O)c1cccc(C(F)C(F)F)c1Cl. The summed E-state index contributed by atoms with van der Waals surface area (Å²) < 4.78 is 38.8. The Bertz CT molecular complexity index is 529. The molecule has 7 heteroatoms. The molecule has 0 aliphatic heterocycles. The molecular weight excluding hydrogens is 343 g/mol. The lowest BCUT2D eigenvalue weighted by Gasteiger charge is -2.25. The van der Waals surface area contributed by atoms with Crippen molar-refractivity contribution in [3.05, 3.63) is 28.8 Å². The van der Waals surface area contributed by atoms with Gasteiger partial charge in [-0.25, -0.2) is 13.2 Å². The van der Waals surface area contributed by atoms with Crippen molar-refractivity contribution >= 4 is 23.3 Å². The van der Waals surface area contributed by atoms with Crippen LogP contribution in [0.3, 0.4) is 0 Å². The Morgan fingerprint density at radius 1 is 1.21 bits per heavy atom. The van der Waals surface area contributed by atoms with Gasteiger partial charge in [0.15, 0.2) is 6.17 Å². The van der Waals surface area contributed by atoms with Crippen molar-refractivity contribution < 1.29 is 23.1 Å². The Hall–Kier alpha value is -1.43. The summed E-state index contributed by atoms with van der Waals surface area (Å²) in [5.74, 6) is -0.798. The first-order valence-corrected chi connectivity index (χ1v) is 8.43. The Kier molecular flexibility index (Phi) is 8.97. The van der Waals surface area contributed by atoms with E-state index in [0.29, 0.717) is 25.2 Å². The molecule has 1 N–H and O–H groups in total. The number of aliphatic carboxylic acids is 1. The zero-order valence-electron chi connectivity index (χ0n) is 13.7. The summed E-state index contributed by atoms with van der Waals surface area (Å²) in [6.07, 6.45) is -2.21. The van der Waals surface area contributed by atoms with Gasteiger partial charge < -0.3 is 10.0 Å². The van der Waals surface area contributed by atoms with E-state index in [2.05, 4.69) is 0 Å². The molecule has 0 aliphatic carbocycles. The van der Waals surface area contributed by atoms with E-state index in [1.54, 1.807) is 6.07 Å². The highest BCUT2D eigenvalue weighted by Gasteiger charge is 2.25. The van der Waals surface area contributed by atoms with E-state index in [4.69, 9.17) is 16.7 Å². The summed E-state index contributed by atoms with van der Waals surface area (Å²) in [5, 5.41) is 8.60. The summed E-state index contributed by atoms with van der Waals surface area (Å²) in [4.78, 5) is 12.4. The second-order valence-corrected chi connectivity index (χ2v) is 5.93. The normalized spacial score (nSPS) is 12.4. The van der Waals surface area contributed by atoms with Gasteiger partial charge in [-0.2, -0.15) is 0 Å². The predicted octanol–water partition coefficient (Wildman–Crippen LogP) is 5.48. The largest absolute Gasteiger partial charge is 0.481 e. The lowest BCUT2D eigenvalue weighted by molar-refractivity contribution is -0.137. The third-order valence-electron chi connectivity index (χ3n) is 3.82. The van der Waals surface area contributed by atoms with Gasteiger partial charge in [0, 0.05) is 25.1 Å². The molecule has 136 valence electrons. The van der Waals surface area contributed by atoms with Crippen LogP contribution in [0.25, 0.3) is 0 Å². The molecular formula is C17H23ClF3NO2. The van der Waals surface area contributed by atoms with Gasteiger partial charge in [-0.1, -0.05) is 36.6 Å². The number of carboxylic acid groups (broad SMARTS) is 1. The van der Waals surface area contributed by atoms with Gasteiger partial charge in [-0.15, -0.1) is 0 Å². The van der Waals surface area contributed by atoms with E-state index in [0.717, 1.165) is 19.3 Å². The Morgan fingerprint density at radius 2 is 1.88 bits per heavy atom. The predicted molar refractivity (Wildman–Crippen MR) is 89.9 cm³/mol. The van der Waals surface area contributed by atoms with Gasteiger partial charge in [0.25, 0.3) is 6.43 Å². The van der Waals surface area contributed by atoms with Crippen molar-refractivity contribution in [2.45, 2.75) is 51.6 Å². The van der Waals surface area contributed by atoms with Crippen LogP contribution in [0.1, 0.15) is 50.8 Å². The van der Waals surface area contributed by atoms with Gasteiger partial charge in [0.1, 0.15) is 0 Å². The maximum absolute atomic E-state index is 13.6. The van der Waals surface area contributed by atoms with E-state index in [1.165, 1.54) is 12.1 Å².